The third kappa shape index (κ3) is 2.17. The van der Waals surface area contributed by atoms with Gasteiger partial charge in [-0.1, -0.05) is 28.1 Å². The molecule has 0 saturated carbocycles. The number of hydrogen-bond acceptors (Lipinski definition) is 3. The normalized spacial score (nSPS) is 19.1. The summed E-state index contributed by atoms with van der Waals surface area (Å²) in [5.41, 5.74) is 8.52. The number of aryl methyl sites for hydroxylation is 1. The molecule has 0 amide bonds. The fraction of sp³-hybridized carbons (Fsp3) is 0.308. The van der Waals surface area contributed by atoms with Gasteiger partial charge in [0, 0.05) is 21.0 Å². The molecule has 3 rings (SSSR count). The first-order valence-electron chi connectivity index (χ1n) is 5.75. The predicted octanol–water partition coefficient (Wildman–Crippen LogP) is 3.91. The fourth-order valence-corrected chi connectivity index (χ4v) is 3.59. The summed E-state index contributed by atoms with van der Waals surface area (Å²) in [7, 11) is 0. The molecule has 4 heteroatoms. The average Bonchev–Trinajstić information content (AvgIpc) is 2.75. The molecule has 1 aromatic carbocycles. The van der Waals surface area contributed by atoms with Crippen LogP contribution in [0.4, 0.5) is 0 Å². The van der Waals surface area contributed by atoms with Gasteiger partial charge < -0.3 is 5.73 Å². The summed E-state index contributed by atoms with van der Waals surface area (Å²) in [6, 6.07) is 8.49. The molecular formula is C13H13BrN2S. The maximum atomic E-state index is 6.12. The second kappa shape index (κ2) is 4.52. The van der Waals surface area contributed by atoms with Gasteiger partial charge in [0.25, 0.3) is 0 Å². The van der Waals surface area contributed by atoms with Crippen LogP contribution >= 0.6 is 27.3 Å². The van der Waals surface area contributed by atoms with Crippen molar-refractivity contribution in [3.63, 3.8) is 0 Å². The second-order valence-electron chi connectivity index (χ2n) is 4.34. The maximum absolute atomic E-state index is 6.12. The Morgan fingerprint density at radius 3 is 2.76 bits per heavy atom. The highest BCUT2D eigenvalue weighted by atomic mass is 79.9. The van der Waals surface area contributed by atoms with E-state index in [1.54, 1.807) is 11.3 Å². The van der Waals surface area contributed by atoms with Gasteiger partial charge in [-0.05, 0) is 31.4 Å². The monoisotopic (exact) mass is 308 g/mol. The first kappa shape index (κ1) is 11.4. The zero-order chi connectivity index (χ0) is 11.8. The van der Waals surface area contributed by atoms with Gasteiger partial charge in [-0.25, -0.2) is 4.98 Å². The van der Waals surface area contributed by atoms with E-state index in [9.17, 15) is 0 Å². The molecule has 88 valence electrons. The Kier molecular flexibility index (Phi) is 3.03. The molecule has 0 aliphatic heterocycles. The third-order valence-corrected chi connectivity index (χ3v) is 4.89. The van der Waals surface area contributed by atoms with Gasteiger partial charge in [0.15, 0.2) is 0 Å². The number of fused-ring (bicyclic) bond motifs is 1. The lowest BCUT2D eigenvalue weighted by molar-refractivity contribution is 0.573. The fourth-order valence-electron chi connectivity index (χ4n) is 2.17. The van der Waals surface area contributed by atoms with Gasteiger partial charge in [0.1, 0.15) is 5.01 Å². The summed E-state index contributed by atoms with van der Waals surface area (Å²) >= 11 is 5.20. The molecule has 2 N–H and O–H groups in total. The summed E-state index contributed by atoms with van der Waals surface area (Å²) in [5, 5.41) is 1.10. The standard InChI is InChI=1S/C13H13BrN2S/c14-9-6-4-8(5-7-9)13-16-11-3-1-2-10(15)12(11)17-13/h4-7,10H,1-3,15H2/t10-/m1/s1. The molecule has 1 aromatic heterocycles. The summed E-state index contributed by atoms with van der Waals surface area (Å²) in [5.74, 6) is 0. The van der Waals surface area contributed by atoms with Gasteiger partial charge in [0.05, 0.1) is 5.69 Å². The van der Waals surface area contributed by atoms with E-state index >= 15 is 0 Å². The van der Waals surface area contributed by atoms with E-state index in [-0.39, 0.29) is 6.04 Å². The minimum absolute atomic E-state index is 0.195. The van der Waals surface area contributed by atoms with Crippen molar-refractivity contribution in [1.82, 2.24) is 4.98 Å². The van der Waals surface area contributed by atoms with Crippen molar-refractivity contribution in [2.45, 2.75) is 25.3 Å². The average molecular weight is 309 g/mol. The second-order valence-corrected chi connectivity index (χ2v) is 6.28. The van der Waals surface area contributed by atoms with Crippen molar-refractivity contribution >= 4 is 27.3 Å². The van der Waals surface area contributed by atoms with Gasteiger partial charge >= 0.3 is 0 Å². The Morgan fingerprint density at radius 1 is 1.29 bits per heavy atom. The summed E-state index contributed by atoms with van der Waals surface area (Å²) in [6.45, 7) is 0. The van der Waals surface area contributed by atoms with Crippen LogP contribution in [0, 0.1) is 0 Å². The van der Waals surface area contributed by atoms with Gasteiger partial charge in [-0.3, -0.25) is 0 Å². The lowest BCUT2D eigenvalue weighted by atomic mass is 9.99. The topological polar surface area (TPSA) is 38.9 Å². The molecule has 1 heterocycles. The number of benzene rings is 1. The quantitative estimate of drug-likeness (QED) is 0.867. The van der Waals surface area contributed by atoms with E-state index < -0.39 is 0 Å². The van der Waals surface area contributed by atoms with Crippen LogP contribution in [-0.4, -0.2) is 4.98 Å². The van der Waals surface area contributed by atoms with Crippen molar-refractivity contribution in [2.24, 2.45) is 5.73 Å². The highest BCUT2D eigenvalue weighted by Crippen LogP contribution is 2.36. The van der Waals surface area contributed by atoms with E-state index in [1.165, 1.54) is 16.1 Å². The first-order valence-corrected chi connectivity index (χ1v) is 7.36. The Labute approximate surface area is 113 Å². The molecule has 1 aliphatic rings. The number of halogens is 1. The molecule has 2 aromatic rings. The van der Waals surface area contributed by atoms with Crippen LogP contribution in [-0.2, 0) is 6.42 Å². The molecule has 0 saturated heterocycles. The Hall–Kier alpha value is -0.710. The van der Waals surface area contributed by atoms with Crippen LogP contribution in [0.15, 0.2) is 28.7 Å². The zero-order valence-corrected chi connectivity index (χ0v) is 11.7. The van der Waals surface area contributed by atoms with Crippen molar-refractivity contribution in [1.29, 1.82) is 0 Å². The highest BCUT2D eigenvalue weighted by Gasteiger charge is 2.21. The Morgan fingerprint density at radius 2 is 2.06 bits per heavy atom. The minimum Gasteiger partial charge on any atom is -0.323 e. The molecule has 2 nitrogen and oxygen atoms in total. The molecular weight excluding hydrogens is 296 g/mol. The summed E-state index contributed by atoms with van der Waals surface area (Å²) in [4.78, 5) is 6.01. The molecule has 0 spiro atoms. The van der Waals surface area contributed by atoms with Crippen LogP contribution in [0.2, 0.25) is 0 Å². The van der Waals surface area contributed by atoms with Gasteiger partial charge in [-0.2, -0.15) is 0 Å². The van der Waals surface area contributed by atoms with E-state index in [0.717, 1.165) is 28.7 Å². The van der Waals surface area contributed by atoms with E-state index in [2.05, 4.69) is 40.2 Å². The SMILES string of the molecule is N[C@@H]1CCCc2nc(-c3ccc(Br)cc3)sc21. The molecule has 0 bridgehead atoms. The Balaban J connectivity index is 2.02. The van der Waals surface area contributed by atoms with Crippen molar-refractivity contribution in [2.75, 3.05) is 0 Å². The van der Waals surface area contributed by atoms with Gasteiger partial charge in [-0.15, -0.1) is 11.3 Å². The number of rotatable bonds is 1. The third-order valence-electron chi connectivity index (χ3n) is 3.08. The summed E-state index contributed by atoms with van der Waals surface area (Å²) < 4.78 is 1.10. The first-order chi connectivity index (χ1) is 8.24. The summed E-state index contributed by atoms with van der Waals surface area (Å²) in [6.07, 6.45) is 3.34. The number of nitrogens with two attached hydrogens (primary N) is 1. The van der Waals surface area contributed by atoms with E-state index in [4.69, 9.17) is 10.7 Å². The van der Waals surface area contributed by atoms with E-state index in [0.29, 0.717) is 0 Å². The van der Waals surface area contributed by atoms with Crippen molar-refractivity contribution in [3.8, 4) is 10.6 Å². The van der Waals surface area contributed by atoms with Crippen molar-refractivity contribution in [3.05, 3.63) is 39.3 Å². The number of hydrogen-bond donors (Lipinski definition) is 1. The highest BCUT2D eigenvalue weighted by molar-refractivity contribution is 9.10. The lowest BCUT2D eigenvalue weighted by Gasteiger charge is -2.15. The maximum Gasteiger partial charge on any atom is 0.123 e. The lowest BCUT2D eigenvalue weighted by Crippen LogP contribution is -2.15. The van der Waals surface area contributed by atoms with Crippen LogP contribution < -0.4 is 5.73 Å². The largest absolute Gasteiger partial charge is 0.323 e. The van der Waals surface area contributed by atoms with Gasteiger partial charge in [0.2, 0.25) is 0 Å². The van der Waals surface area contributed by atoms with Crippen LogP contribution in [0.25, 0.3) is 10.6 Å². The number of nitrogens with zero attached hydrogens (tertiary/aromatic N) is 1. The zero-order valence-electron chi connectivity index (χ0n) is 9.32. The molecule has 17 heavy (non-hydrogen) atoms. The molecule has 0 fully saturated rings. The number of aromatic nitrogens is 1. The molecule has 0 radical (unpaired) electrons. The predicted molar refractivity (Wildman–Crippen MR) is 75.1 cm³/mol. The molecule has 1 atom stereocenters. The Bertz CT molecular complexity index is 533. The minimum atomic E-state index is 0.195. The molecule has 0 unspecified atom stereocenters. The van der Waals surface area contributed by atoms with Crippen LogP contribution in [0.1, 0.15) is 29.5 Å². The smallest absolute Gasteiger partial charge is 0.123 e. The van der Waals surface area contributed by atoms with Crippen molar-refractivity contribution < 1.29 is 0 Å². The van der Waals surface area contributed by atoms with Crippen LogP contribution in [0.3, 0.4) is 0 Å². The van der Waals surface area contributed by atoms with Crippen LogP contribution in [0.5, 0.6) is 0 Å². The number of thiazole rings is 1. The van der Waals surface area contributed by atoms with E-state index in [1.807, 2.05) is 0 Å². The molecule has 1 aliphatic carbocycles.